The Labute approximate surface area is 166 Å². The molecule has 2 aromatic rings. The molecule has 1 aliphatic heterocycles. The molecule has 150 valence electrons. The normalized spacial score (nSPS) is 18.5. The summed E-state index contributed by atoms with van der Waals surface area (Å²) >= 11 is 0. The second kappa shape index (κ2) is 9.46. The highest BCUT2D eigenvalue weighted by molar-refractivity contribution is 5.92. The molecule has 1 heterocycles. The maximum absolute atomic E-state index is 12.7. The monoisotopic (exact) mass is 385 g/mol. The summed E-state index contributed by atoms with van der Waals surface area (Å²) in [5.74, 6) is 2.32. The SMILES string of the molecule is CCOc1ccccc1NC(=O)C[NH+]1CCC[C@H]1c1cc(OC)ccc1OC. The summed E-state index contributed by atoms with van der Waals surface area (Å²) in [5, 5.41) is 3.00. The van der Waals surface area contributed by atoms with Gasteiger partial charge in [-0.3, -0.25) is 4.79 Å². The molecule has 0 spiro atoms. The highest BCUT2D eigenvalue weighted by Crippen LogP contribution is 2.31. The maximum atomic E-state index is 12.7. The number of benzene rings is 2. The molecule has 0 aromatic heterocycles. The summed E-state index contributed by atoms with van der Waals surface area (Å²) in [6.07, 6.45) is 2.09. The summed E-state index contributed by atoms with van der Waals surface area (Å²) in [6.45, 7) is 3.83. The van der Waals surface area contributed by atoms with E-state index in [9.17, 15) is 4.79 Å². The van der Waals surface area contributed by atoms with Gasteiger partial charge in [0.05, 0.1) is 38.6 Å². The van der Waals surface area contributed by atoms with Crippen molar-refractivity contribution in [2.75, 3.05) is 39.2 Å². The molecule has 1 fully saturated rings. The lowest BCUT2D eigenvalue weighted by molar-refractivity contribution is -0.910. The molecule has 2 atom stereocenters. The molecule has 0 aliphatic carbocycles. The Morgan fingerprint density at radius 1 is 1.14 bits per heavy atom. The van der Waals surface area contributed by atoms with Gasteiger partial charge in [0.15, 0.2) is 6.54 Å². The molecule has 6 heteroatoms. The fraction of sp³-hybridized carbons (Fsp3) is 0.409. The number of hydrogen-bond acceptors (Lipinski definition) is 4. The van der Waals surface area contributed by atoms with E-state index in [2.05, 4.69) is 5.32 Å². The second-order valence-electron chi connectivity index (χ2n) is 6.87. The Balaban J connectivity index is 1.73. The number of likely N-dealkylation sites (tertiary alicyclic amines) is 1. The molecular formula is C22H29N2O4+. The lowest BCUT2D eigenvalue weighted by atomic mass is 10.0. The van der Waals surface area contributed by atoms with Crippen LogP contribution in [0.2, 0.25) is 0 Å². The Bertz CT molecular complexity index is 809. The number of para-hydroxylation sites is 2. The quantitative estimate of drug-likeness (QED) is 0.733. The van der Waals surface area contributed by atoms with E-state index in [0.717, 1.165) is 36.4 Å². The van der Waals surface area contributed by atoms with Crippen molar-refractivity contribution in [2.24, 2.45) is 0 Å². The molecule has 3 rings (SSSR count). The number of amides is 1. The second-order valence-corrected chi connectivity index (χ2v) is 6.87. The van der Waals surface area contributed by atoms with Crippen molar-refractivity contribution in [3.63, 3.8) is 0 Å². The van der Waals surface area contributed by atoms with Gasteiger partial charge < -0.3 is 24.4 Å². The van der Waals surface area contributed by atoms with Gasteiger partial charge in [-0.25, -0.2) is 0 Å². The third kappa shape index (κ3) is 4.57. The van der Waals surface area contributed by atoms with Crippen LogP contribution in [0.1, 0.15) is 31.4 Å². The number of carbonyl (C=O) groups excluding carboxylic acids is 1. The summed E-state index contributed by atoms with van der Waals surface area (Å²) in [4.78, 5) is 14.0. The third-order valence-electron chi connectivity index (χ3n) is 5.14. The summed E-state index contributed by atoms with van der Waals surface area (Å²) in [6, 6.07) is 13.6. The Morgan fingerprint density at radius 2 is 1.96 bits per heavy atom. The van der Waals surface area contributed by atoms with Crippen LogP contribution in [-0.4, -0.2) is 39.8 Å². The Morgan fingerprint density at radius 3 is 2.71 bits per heavy atom. The fourth-order valence-electron chi connectivity index (χ4n) is 3.86. The van der Waals surface area contributed by atoms with Gasteiger partial charge in [-0.2, -0.15) is 0 Å². The first-order valence-electron chi connectivity index (χ1n) is 9.74. The van der Waals surface area contributed by atoms with E-state index in [1.54, 1.807) is 14.2 Å². The number of hydrogen-bond donors (Lipinski definition) is 2. The Kier molecular flexibility index (Phi) is 6.76. The fourth-order valence-corrected chi connectivity index (χ4v) is 3.86. The van der Waals surface area contributed by atoms with E-state index in [-0.39, 0.29) is 11.9 Å². The summed E-state index contributed by atoms with van der Waals surface area (Å²) in [7, 11) is 3.34. The van der Waals surface area contributed by atoms with Gasteiger partial charge >= 0.3 is 0 Å². The molecule has 2 aromatic carbocycles. The van der Waals surface area contributed by atoms with E-state index in [0.29, 0.717) is 24.6 Å². The van der Waals surface area contributed by atoms with Crippen LogP contribution >= 0.6 is 0 Å². The molecular weight excluding hydrogens is 356 g/mol. The number of carbonyl (C=O) groups is 1. The van der Waals surface area contributed by atoms with E-state index >= 15 is 0 Å². The van der Waals surface area contributed by atoms with Crippen molar-refractivity contribution in [1.82, 2.24) is 0 Å². The van der Waals surface area contributed by atoms with Crippen molar-refractivity contribution in [3.8, 4) is 17.2 Å². The van der Waals surface area contributed by atoms with Crippen molar-refractivity contribution >= 4 is 11.6 Å². The lowest BCUT2D eigenvalue weighted by Crippen LogP contribution is -3.11. The highest BCUT2D eigenvalue weighted by atomic mass is 16.5. The molecule has 0 bridgehead atoms. The van der Waals surface area contributed by atoms with Crippen molar-refractivity contribution in [3.05, 3.63) is 48.0 Å². The van der Waals surface area contributed by atoms with Crippen LogP contribution in [-0.2, 0) is 4.79 Å². The minimum Gasteiger partial charge on any atom is -0.497 e. The van der Waals surface area contributed by atoms with E-state index in [1.807, 2.05) is 49.4 Å². The van der Waals surface area contributed by atoms with Gasteiger partial charge in [-0.15, -0.1) is 0 Å². The number of rotatable bonds is 8. The number of ether oxygens (including phenoxy) is 3. The molecule has 0 radical (unpaired) electrons. The predicted octanol–water partition coefficient (Wildman–Crippen LogP) is 2.46. The Hall–Kier alpha value is -2.73. The molecule has 28 heavy (non-hydrogen) atoms. The summed E-state index contributed by atoms with van der Waals surface area (Å²) < 4.78 is 16.6. The zero-order chi connectivity index (χ0) is 19.9. The molecule has 1 amide bonds. The predicted molar refractivity (Wildman–Crippen MR) is 108 cm³/mol. The first-order chi connectivity index (χ1) is 13.7. The smallest absolute Gasteiger partial charge is 0.279 e. The van der Waals surface area contributed by atoms with Gasteiger partial charge in [-0.1, -0.05) is 12.1 Å². The third-order valence-corrected chi connectivity index (χ3v) is 5.14. The highest BCUT2D eigenvalue weighted by Gasteiger charge is 2.34. The molecule has 1 saturated heterocycles. The largest absolute Gasteiger partial charge is 0.497 e. The zero-order valence-corrected chi connectivity index (χ0v) is 16.8. The van der Waals surface area contributed by atoms with E-state index in [1.165, 1.54) is 4.90 Å². The van der Waals surface area contributed by atoms with Crippen molar-refractivity contribution < 1.29 is 23.9 Å². The van der Waals surface area contributed by atoms with Gasteiger partial charge in [0.2, 0.25) is 0 Å². The molecule has 0 saturated carbocycles. The van der Waals surface area contributed by atoms with Crippen LogP contribution in [0.3, 0.4) is 0 Å². The standard InChI is InChI=1S/C22H28N2O4/c1-4-28-21-10-6-5-8-18(21)23-22(25)15-24-13-7-9-19(24)17-14-16(26-2)11-12-20(17)27-3/h5-6,8,10-12,14,19H,4,7,9,13,15H2,1-3H3,(H,23,25)/p+1/t19-/m0/s1. The summed E-state index contributed by atoms with van der Waals surface area (Å²) in [5.41, 5.74) is 1.81. The minimum atomic E-state index is -0.0177. The zero-order valence-electron chi connectivity index (χ0n) is 16.8. The van der Waals surface area contributed by atoms with Crippen LogP contribution < -0.4 is 24.4 Å². The van der Waals surface area contributed by atoms with Gasteiger partial charge in [0, 0.05) is 12.8 Å². The van der Waals surface area contributed by atoms with Crippen LogP contribution in [0.15, 0.2) is 42.5 Å². The number of methoxy groups -OCH3 is 2. The van der Waals surface area contributed by atoms with Crippen LogP contribution in [0.25, 0.3) is 0 Å². The molecule has 2 N–H and O–H groups in total. The lowest BCUT2D eigenvalue weighted by Gasteiger charge is -2.23. The average Bonchev–Trinajstić information content (AvgIpc) is 3.16. The van der Waals surface area contributed by atoms with Gasteiger partial charge in [0.25, 0.3) is 5.91 Å². The van der Waals surface area contributed by atoms with Gasteiger partial charge in [-0.05, 0) is 37.3 Å². The molecule has 1 aliphatic rings. The van der Waals surface area contributed by atoms with Crippen LogP contribution in [0.4, 0.5) is 5.69 Å². The van der Waals surface area contributed by atoms with Crippen molar-refractivity contribution in [1.29, 1.82) is 0 Å². The van der Waals surface area contributed by atoms with Crippen LogP contribution in [0.5, 0.6) is 17.2 Å². The van der Waals surface area contributed by atoms with Crippen LogP contribution in [0, 0.1) is 0 Å². The first-order valence-corrected chi connectivity index (χ1v) is 9.74. The first kappa shape index (κ1) is 20.0. The van der Waals surface area contributed by atoms with E-state index < -0.39 is 0 Å². The van der Waals surface area contributed by atoms with Crippen molar-refractivity contribution in [2.45, 2.75) is 25.8 Å². The van der Waals surface area contributed by atoms with Gasteiger partial charge in [0.1, 0.15) is 23.3 Å². The van der Waals surface area contributed by atoms with E-state index in [4.69, 9.17) is 14.2 Å². The minimum absolute atomic E-state index is 0.0177. The maximum Gasteiger partial charge on any atom is 0.279 e. The number of quaternary nitrogens is 1. The molecule has 6 nitrogen and oxygen atoms in total. The molecule has 1 unspecified atom stereocenters. The average molecular weight is 385 g/mol. The topological polar surface area (TPSA) is 61.2 Å². The number of anilines is 1. The number of nitrogens with one attached hydrogen (secondary N) is 2.